The molecule has 0 saturated heterocycles. The molecule has 0 spiro atoms. The topological polar surface area (TPSA) is 85.3 Å². The van der Waals surface area contributed by atoms with Gasteiger partial charge in [-0.3, -0.25) is 9.20 Å². The molecule has 1 aromatic carbocycles. The van der Waals surface area contributed by atoms with Crippen molar-refractivity contribution in [2.75, 3.05) is 11.1 Å². The van der Waals surface area contributed by atoms with Crippen LogP contribution in [0.15, 0.2) is 61.1 Å². The van der Waals surface area contributed by atoms with E-state index in [1.165, 1.54) is 0 Å². The zero-order valence-corrected chi connectivity index (χ0v) is 15.7. The van der Waals surface area contributed by atoms with Crippen molar-refractivity contribution in [3.8, 4) is 11.3 Å². The quantitative estimate of drug-likeness (QED) is 0.518. The fraction of sp³-hybridized carbons (Fsp3) is 0.0952. The lowest BCUT2D eigenvalue weighted by molar-refractivity contribution is -0.137. The van der Waals surface area contributed by atoms with Crippen LogP contribution in [0.5, 0.6) is 0 Å². The van der Waals surface area contributed by atoms with E-state index in [-0.39, 0.29) is 11.4 Å². The third-order valence-corrected chi connectivity index (χ3v) is 4.67. The van der Waals surface area contributed by atoms with E-state index in [9.17, 15) is 18.0 Å². The molecule has 0 atom stereocenters. The fourth-order valence-electron chi connectivity index (χ4n) is 3.13. The van der Waals surface area contributed by atoms with Crippen molar-refractivity contribution in [2.45, 2.75) is 13.1 Å². The maximum atomic E-state index is 12.9. The number of anilines is 2. The smallest absolute Gasteiger partial charge is 0.396 e. The van der Waals surface area contributed by atoms with E-state index >= 15 is 0 Å². The highest BCUT2D eigenvalue weighted by Crippen LogP contribution is 2.30. The van der Waals surface area contributed by atoms with Gasteiger partial charge >= 0.3 is 6.18 Å². The summed E-state index contributed by atoms with van der Waals surface area (Å²) in [6.07, 6.45) is -0.0526. The van der Waals surface area contributed by atoms with E-state index < -0.39 is 17.6 Å². The molecule has 6 nitrogen and oxygen atoms in total. The van der Waals surface area contributed by atoms with Gasteiger partial charge in [-0.15, -0.1) is 0 Å². The standard InChI is InChI=1S/C21H16F3N5O/c1-12-4-5-13(20(30)28-18-10-14(6-7-26-18)21(22,23)24)9-15(12)17-11-27-19-16(25)3-2-8-29(17)19/h2-11H,25H2,1H3,(H,26,28,30). The Balaban J connectivity index is 1.68. The summed E-state index contributed by atoms with van der Waals surface area (Å²) < 4.78 is 40.5. The number of hydrogen-bond acceptors (Lipinski definition) is 4. The number of fused-ring (bicyclic) bond motifs is 1. The SMILES string of the molecule is Cc1ccc(C(=O)Nc2cc(C(F)(F)F)ccn2)cc1-c1cnc2c(N)cccn12. The first-order valence-corrected chi connectivity index (χ1v) is 8.91. The molecule has 0 fully saturated rings. The molecule has 30 heavy (non-hydrogen) atoms. The van der Waals surface area contributed by atoms with E-state index in [0.717, 1.165) is 35.2 Å². The van der Waals surface area contributed by atoms with Gasteiger partial charge in [-0.05, 0) is 48.9 Å². The maximum absolute atomic E-state index is 12.9. The molecule has 9 heteroatoms. The molecule has 0 bridgehead atoms. The summed E-state index contributed by atoms with van der Waals surface area (Å²) in [4.78, 5) is 20.8. The number of benzene rings is 1. The zero-order valence-electron chi connectivity index (χ0n) is 15.7. The average molecular weight is 411 g/mol. The van der Waals surface area contributed by atoms with Crippen LogP contribution in [-0.4, -0.2) is 20.3 Å². The van der Waals surface area contributed by atoms with Gasteiger partial charge in [0, 0.05) is 23.5 Å². The van der Waals surface area contributed by atoms with E-state index in [4.69, 9.17) is 5.73 Å². The minimum Gasteiger partial charge on any atom is -0.396 e. The maximum Gasteiger partial charge on any atom is 0.416 e. The Hall–Kier alpha value is -3.88. The molecule has 0 aliphatic rings. The predicted octanol–water partition coefficient (Wildman–Crippen LogP) is 4.56. The second-order valence-electron chi connectivity index (χ2n) is 6.71. The summed E-state index contributed by atoms with van der Waals surface area (Å²) in [6.45, 7) is 1.89. The minimum atomic E-state index is -4.52. The van der Waals surface area contributed by atoms with E-state index in [1.807, 2.05) is 17.5 Å². The Labute approximate surface area is 169 Å². The van der Waals surface area contributed by atoms with Crippen molar-refractivity contribution in [3.05, 3.63) is 77.7 Å². The third kappa shape index (κ3) is 3.57. The monoisotopic (exact) mass is 411 g/mol. The molecule has 3 heterocycles. The van der Waals surface area contributed by atoms with Gasteiger partial charge in [-0.25, -0.2) is 9.97 Å². The van der Waals surface area contributed by atoms with Gasteiger partial charge < -0.3 is 11.1 Å². The molecule has 0 aliphatic heterocycles. The van der Waals surface area contributed by atoms with Crippen molar-refractivity contribution in [3.63, 3.8) is 0 Å². The Morgan fingerprint density at radius 2 is 1.93 bits per heavy atom. The molecule has 3 aromatic heterocycles. The summed E-state index contributed by atoms with van der Waals surface area (Å²) in [5.74, 6) is -0.754. The minimum absolute atomic E-state index is 0.181. The van der Waals surface area contributed by atoms with Crippen LogP contribution in [0.4, 0.5) is 24.7 Å². The van der Waals surface area contributed by atoms with Gasteiger partial charge in [-0.2, -0.15) is 13.2 Å². The zero-order chi connectivity index (χ0) is 21.5. The molecular weight excluding hydrogens is 395 g/mol. The number of amides is 1. The Bertz CT molecular complexity index is 1260. The first-order valence-electron chi connectivity index (χ1n) is 8.91. The lowest BCUT2D eigenvalue weighted by atomic mass is 10.0. The molecular formula is C21H16F3N5O. The van der Waals surface area contributed by atoms with Crippen molar-refractivity contribution in [1.82, 2.24) is 14.4 Å². The van der Waals surface area contributed by atoms with E-state index in [2.05, 4.69) is 15.3 Å². The number of halogens is 3. The molecule has 0 unspecified atom stereocenters. The highest BCUT2D eigenvalue weighted by atomic mass is 19.4. The number of nitrogen functional groups attached to an aromatic ring is 1. The molecule has 4 aromatic rings. The number of rotatable bonds is 3. The lowest BCUT2D eigenvalue weighted by Crippen LogP contribution is -2.14. The number of nitrogens with zero attached hydrogens (tertiary/aromatic N) is 3. The van der Waals surface area contributed by atoms with Gasteiger partial charge in [0.05, 0.1) is 23.1 Å². The van der Waals surface area contributed by atoms with Crippen LogP contribution in [0.1, 0.15) is 21.5 Å². The molecule has 152 valence electrons. The van der Waals surface area contributed by atoms with Crippen molar-refractivity contribution >= 4 is 23.1 Å². The second-order valence-corrected chi connectivity index (χ2v) is 6.71. The van der Waals surface area contributed by atoms with Gasteiger partial charge in [0.15, 0.2) is 5.65 Å². The Morgan fingerprint density at radius 1 is 1.13 bits per heavy atom. The van der Waals surface area contributed by atoms with Crippen LogP contribution < -0.4 is 11.1 Å². The number of nitrogens with two attached hydrogens (primary N) is 1. The van der Waals surface area contributed by atoms with Gasteiger partial charge in [0.25, 0.3) is 5.91 Å². The van der Waals surface area contributed by atoms with Crippen molar-refractivity contribution < 1.29 is 18.0 Å². The van der Waals surface area contributed by atoms with Crippen molar-refractivity contribution in [1.29, 1.82) is 0 Å². The predicted molar refractivity (Wildman–Crippen MR) is 107 cm³/mol. The molecule has 3 N–H and O–H groups in total. The van der Waals surface area contributed by atoms with Gasteiger partial charge in [0.2, 0.25) is 0 Å². The molecule has 4 rings (SSSR count). The Morgan fingerprint density at radius 3 is 2.70 bits per heavy atom. The first-order chi connectivity index (χ1) is 14.2. The highest BCUT2D eigenvalue weighted by Gasteiger charge is 2.30. The summed E-state index contributed by atoms with van der Waals surface area (Å²) in [6, 6.07) is 10.2. The normalized spacial score (nSPS) is 11.6. The second kappa shape index (κ2) is 7.18. The van der Waals surface area contributed by atoms with Crippen LogP contribution >= 0.6 is 0 Å². The summed E-state index contributed by atoms with van der Waals surface area (Å²) in [5, 5.41) is 2.42. The first kappa shape index (κ1) is 19.4. The van der Waals surface area contributed by atoms with Gasteiger partial charge in [-0.1, -0.05) is 6.07 Å². The Kier molecular flexibility index (Phi) is 4.65. The van der Waals surface area contributed by atoms with Crippen LogP contribution in [0, 0.1) is 6.92 Å². The summed E-state index contributed by atoms with van der Waals surface area (Å²) >= 11 is 0. The lowest BCUT2D eigenvalue weighted by Gasteiger charge is -2.11. The number of carbonyl (C=O) groups excluding carboxylic acids is 1. The van der Waals surface area contributed by atoms with E-state index in [0.29, 0.717) is 11.3 Å². The highest BCUT2D eigenvalue weighted by molar-refractivity contribution is 6.04. The van der Waals surface area contributed by atoms with E-state index in [1.54, 1.807) is 36.5 Å². The van der Waals surface area contributed by atoms with Crippen molar-refractivity contribution in [2.24, 2.45) is 0 Å². The van der Waals surface area contributed by atoms with Crippen LogP contribution in [0.25, 0.3) is 16.9 Å². The molecule has 0 saturated carbocycles. The number of carbonyl (C=O) groups is 1. The summed E-state index contributed by atoms with van der Waals surface area (Å²) in [7, 11) is 0. The number of aromatic nitrogens is 3. The molecule has 0 aliphatic carbocycles. The number of hydrogen-bond donors (Lipinski definition) is 2. The number of aryl methyl sites for hydroxylation is 1. The number of imidazole rings is 1. The largest absolute Gasteiger partial charge is 0.416 e. The number of alkyl halides is 3. The average Bonchev–Trinajstić information content (AvgIpc) is 3.13. The number of pyridine rings is 2. The van der Waals surface area contributed by atoms with Crippen LogP contribution in [0.2, 0.25) is 0 Å². The third-order valence-electron chi connectivity index (χ3n) is 4.67. The van der Waals surface area contributed by atoms with Gasteiger partial charge in [0.1, 0.15) is 5.82 Å². The van der Waals surface area contributed by atoms with Crippen LogP contribution in [-0.2, 0) is 6.18 Å². The fourth-order valence-corrected chi connectivity index (χ4v) is 3.13. The molecule has 1 amide bonds. The van der Waals surface area contributed by atoms with Crippen LogP contribution in [0.3, 0.4) is 0 Å². The summed E-state index contributed by atoms with van der Waals surface area (Å²) in [5.41, 5.74) is 8.84. The molecule has 0 radical (unpaired) electrons. The number of nitrogens with one attached hydrogen (secondary N) is 1.